The Bertz CT molecular complexity index is 1760. The Morgan fingerprint density at radius 2 is 1.68 bits per heavy atom. The van der Waals surface area contributed by atoms with E-state index in [2.05, 4.69) is 10.6 Å². The Labute approximate surface area is 237 Å². The number of alkyl halides is 3. The molecule has 5 rings (SSSR count). The molecule has 41 heavy (non-hydrogen) atoms. The molecular weight excluding hydrogens is 587 g/mol. The van der Waals surface area contributed by atoms with Crippen molar-refractivity contribution in [1.29, 1.82) is 0 Å². The molecule has 1 aliphatic rings. The van der Waals surface area contributed by atoms with E-state index in [-0.39, 0.29) is 33.5 Å². The average molecular weight is 605 g/mol. The van der Waals surface area contributed by atoms with E-state index in [9.17, 15) is 35.8 Å². The van der Waals surface area contributed by atoms with Gasteiger partial charge in [0.15, 0.2) is 0 Å². The standard InChI is InChI=1S/C29H18ClF5N2O3S/c1-41(40)24-5-3-2-4-19(24)14-10-21-25(26(37-28(21)39)20-13-17(31)6-7-22(20)30)23(11-14)36-27(38)15-8-16(29(33,34)35)12-18(32)9-15/h2-13,26H,1H3,(H,36,38)(H,37,39). The van der Waals surface area contributed by atoms with Gasteiger partial charge in [0.05, 0.1) is 22.4 Å². The summed E-state index contributed by atoms with van der Waals surface area (Å²) in [6, 6.07) is 13.5. The molecule has 4 aromatic rings. The van der Waals surface area contributed by atoms with Gasteiger partial charge in [-0.15, -0.1) is 0 Å². The highest BCUT2D eigenvalue weighted by atomic mass is 35.5. The summed E-state index contributed by atoms with van der Waals surface area (Å²) in [5.74, 6) is -3.61. The molecule has 2 amide bonds. The largest absolute Gasteiger partial charge is 0.416 e. The molecule has 12 heteroatoms. The van der Waals surface area contributed by atoms with Crippen molar-refractivity contribution < 1.29 is 35.8 Å². The van der Waals surface area contributed by atoms with E-state index in [1.165, 1.54) is 24.5 Å². The van der Waals surface area contributed by atoms with Crippen LogP contribution >= 0.6 is 11.6 Å². The number of hydrogen-bond donors (Lipinski definition) is 2. The summed E-state index contributed by atoms with van der Waals surface area (Å²) in [7, 11) is -1.45. The van der Waals surface area contributed by atoms with Crippen molar-refractivity contribution in [3.05, 3.63) is 117 Å². The zero-order chi connectivity index (χ0) is 29.6. The van der Waals surface area contributed by atoms with Gasteiger partial charge in [0, 0.05) is 44.1 Å². The fourth-order valence-electron chi connectivity index (χ4n) is 4.70. The van der Waals surface area contributed by atoms with Gasteiger partial charge in [-0.2, -0.15) is 13.2 Å². The number of halogens is 6. The molecule has 0 radical (unpaired) electrons. The van der Waals surface area contributed by atoms with Crippen LogP contribution in [-0.4, -0.2) is 22.3 Å². The van der Waals surface area contributed by atoms with Gasteiger partial charge in [0.2, 0.25) is 0 Å². The molecule has 1 heterocycles. The van der Waals surface area contributed by atoms with Crippen molar-refractivity contribution in [2.24, 2.45) is 0 Å². The van der Waals surface area contributed by atoms with Crippen LogP contribution in [0.15, 0.2) is 77.7 Å². The first-order valence-electron chi connectivity index (χ1n) is 11.9. The molecule has 2 atom stereocenters. The van der Waals surface area contributed by atoms with Gasteiger partial charge in [0.1, 0.15) is 11.6 Å². The quantitative estimate of drug-likeness (QED) is 0.238. The van der Waals surface area contributed by atoms with Gasteiger partial charge in [-0.3, -0.25) is 13.8 Å². The van der Waals surface area contributed by atoms with E-state index in [1.807, 2.05) is 0 Å². The number of carbonyl (C=O) groups excluding carboxylic acids is 2. The van der Waals surface area contributed by atoms with Crippen molar-refractivity contribution in [2.75, 3.05) is 11.6 Å². The van der Waals surface area contributed by atoms with Gasteiger partial charge in [-0.25, -0.2) is 8.78 Å². The second-order valence-electron chi connectivity index (χ2n) is 9.19. The summed E-state index contributed by atoms with van der Waals surface area (Å²) in [4.78, 5) is 26.8. The Morgan fingerprint density at radius 3 is 2.39 bits per heavy atom. The second-order valence-corrected chi connectivity index (χ2v) is 10.9. The number of carbonyl (C=O) groups is 2. The Kier molecular flexibility index (Phi) is 7.43. The van der Waals surface area contributed by atoms with E-state index in [1.54, 1.807) is 24.3 Å². The van der Waals surface area contributed by atoms with Crippen molar-refractivity contribution >= 4 is 39.9 Å². The number of rotatable bonds is 5. The fraction of sp³-hybridized carbons (Fsp3) is 0.103. The zero-order valence-electron chi connectivity index (χ0n) is 20.9. The minimum Gasteiger partial charge on any atom is -0.341 e. The summed E-state index contributed by atoms with van der Waals surface area (Å²) >= 11 is 6.32. The molecule has 0 saturated carbocycles. The molecule has 4 aromatic carbocycles. The maximum Gasteiger partial charge on any atom is 0.416 e. The van der Waals surface area contributed by atoms with Gasteiger partial charge >= 0.3 is 6.18 Å². The van der Waals surface area contributed by atoms with Crippen LogP contribution in [0, 0.1) is 11.6 Å². The van der Waals surface area contributed by atoms with E-state index < -0.39 is 57.6 Å². The molecular formula is C29H18ClF5N2O3S. The molecule has 2 unspecified atom stereocenters. The minimum atomic E-state index is -4.91. The van der Waals surface area contributed by atoms with Crippen LogP contribution in [0.4, 0.5) is 27.6 Å². The summed E-state index contributed by atoms with van der Waals surface area (Å²) in [5.41, 5.74) is -0.774. The van der Waals surface area contributed by atoms with Gasteiger partial charge in [-0.05, 0) is 65.7 Å². The van der Waals surface area contributed by atoms with E-state index in [4.69, 9.17) is 11.6 Å². The van der Waals surface area contributed by atoms with Crippen molar-refractivity contribution in [2.45, 2.75) is 17.1 Å². The first-order chi connectivity index (χ1) is 19.3. The van der Waals surface area contributed by atoms with Crippen molar-refractivity contribution in [3.63, 3.8) is 0 Å². The Morgan fingerprint density at radius 1 is 0.951 bits per heavy atom. The average Bonchev–Trinajstić information content (AvgIpc) is 3.25. The SMILES string of the molecule is CS(=O)c1ccccc1-c1cc(NC(=O)c2cc(F)cc(C(F)(F)F)c2)c2c(c1)C(=O)NC2c1cc(F)ccc1Cl. The molecule has 5 nitrogen and oxygen atoms in total. The lowest BCUT2D eigenvalue weighted by molar-refractivity contribution is -0.137. The molecule has 0 aromatic heterocycles. The number of amides is 2. The predicted molar refractivity (Wildman–Crippen MR) is 144 cm³/mol. The lowest BCUT2D eigenvalue weighted by atomic mass is 9.92. The maximum atomic E-state index is 14.2. The van der Waals surface area contributed by atoms with Crippen LogP contribution in [0.5, 0.6) is 0 Å². The predicted octanol–water partition coefficient (Wildman–Crippen LogP) is 7.13. The van der Waals surface area contributed by atoms with Crippen LogP contribution in [0.25, 0.3) is 11.1 Å². The molecule has 2 N–H and O–H groups in total. The second kappa shape index (κ2) is 10.7. The molecule has 210 valence electrons. The zero-order valence-corrected chi connectivity index (χ0v) is 22.5. The highest BCUT2D eigenvalue weighted by Crippen LogP contribution is 2.42. The minimum absolute atomic E-state index is 0.0271. The fourth-order valence-corrected chi connectivity index (χ4v) is 5.69. The van der Waals surface area contributed by atoms with Crippen molar-refractivity contribution in [3.8, 4) is 11.1 Å². The normalized spacial score (nSPS) is 15.3. The summed E-state index contributed by atoms with van der Waals surface area (Å²) in [5, 5.41) is 5.31. The molecule has 1 aliphatic heterocycles. The molecule has 0 aliphatic carbocycles. The van der Waals surface area contributed by atoms with Crippen LogP contribution in [0.2, 0.25) is 5.02 Å². The number of hydrogen-bond acceptors (Lipinski definition) is 3. The molecule has 0 bridgehead atoms. The van der Waals surface area contributed by atoms with E-state index in [0.29, 0.717) is 28.2 Å². The van der Waals surface area contributed by atoms with Crippen LogP contribution in [0.1, 0.15) is 43.4 Å². The third-order valence-corrected chi connectivity index (χ3v) is 7.82. The Hall–Kier alpha value is -4.09. The first kappa shape index (κ1) is 28.4. The topological polar surface area (TPSA) is 75.3 Å². The summed E-state index contributed by atoms with van der Waals surface area (Å²) in [6.45, 7) is 0. The van der Waals surface area contributed by atoms with Crippen LogP contribution in [-0.2, 0) is 17.0 Å². The third-order valence-electron chi connectivity index (χ3n) is 6.50. The number of nitrogens with one attached hydrogen (secondary N) is 2. The summed E-state index contributed by atoms with van der Waals surface area (Å²) < 4.78 is 80.6. The third kappa shape index (κ3) is 5.59. The number of fused-ring (bicyclic) bond motifs is 1. The molecule has 0 spiro atoms. The smallest absolute Gasteiger partial charge is 0.341 e. The molecule has 0 saturated heterocycles. The van der Waals surface area contributed by atoms with Crippen molar-refractivity contribution in [1.82, 2.24) is 5.32 Å². The van der Waals surface area contributed by atoms with E-state index >= 15 is 0 Å². The van der Waals surface area contributed by atoms with Gasteiger partial charge < -0.3 is 10.6 Å². The monoisotopic (exact) mass is 604 g/mol. The lowest BCUT2D eigenvalue weighted by Gasteiger charge is -2.19. The summed E-state index contributed by atoms with van der Waals surface area (Å²) in [6.07, 6.45) is -3.45. The van der Waals surface area contributed by atoms with Crippen LogP contribution < -0.4 is 10.6 Å². The van der Waals surface area contributed by atoms with Gasteiger partial charge in [-0.1, -0.05) is 29.8 Å². The number of benzene rings is 4. The number of anilines is 1. The highest BCUT2D eigenvalue weighted by molar-refractivity contribution is 7.84. The van der Waals surface area contributed by atoms with Gasteiger partial charge in [0.25, 0.3) is 11.8 Å². The Balaban J connectivity index is 1.70. The first-order valence-corrected chi connectivity index (χ1v) is 13.8. The maximum absolute atomic E-state index is 14.2. The lowest BCUT2D eigenvalue weighted by Crippen LogP contribution is -2.21. The van der Waals surface area contributed by atoms with Crippen LogP contribution in [0.3, 0.4) is 0 Å². The van der Waals surface area contributed by atoms with E-state index in [0.717, 1.165) is 12.1 Å². The molecule has 0 fully saturated rings. The highest BCUT2D eigenvalue weighted by Gasteiger charge is 2.36.